The van der Waals surface area contributed by atoms with Crippen LogP contribution in [0, 0.1) is 5.92 Å². The number of ether oxygens (including phenoxy) is 1. The Morgan fingerprint density at radius 1 is 1.75 bits per heavy atom. The molecule has 0 saturated carbocycles. The van der Waals surface area contributed by atoms with Crippen molar-refractivity contribution in [1.82, 2.24) is 4.90 Å². The number of carboxylic acids is 1. The molecule has 1 fully saturated rings. The molecule has 0 radical (unpaired) electrons. The van der Waals surface area contributed by atoms with Crippen LogP contribution in [0.15, 0.2) is 0 Å². The predicted octanol–water partition coefficient (Wildman–Crippen LogP) is 0.0377. The largest absolute Gasteiger partial charge is 0.481 e. The van der Waals surface area contributed by atoms with E-state index in [1.807, 2.05) is 6.92 Å². The van der Waals surface area contributed by atoms with Crippen LogP contribution in [0.25, 0.3) is 0 Å². The highest BCUT2D eigenvalue weighted by Gasteiger charge is 2.32. The maximum absolute atomic E-state index is 10.4. The number of hydrogen-bond donors (Lipinski definition) is 1. The van der Waals surface area contributed by atoms with Gasteiger partial charge in [0.1, 0.15) is 0 Å². The van der Waals surface area contributed by atoms with Gasteiger partial charge in [-0.25, -0.2) is 0 Å². The Bertz CT molecular complexity index is 166. The van der Waals surface area contributed by atoms with Gasteiger partial charge in [0, 0.05) is 26.7 Å². The third kappa shape index (κ3) is 2.19. The van der Waals surface area contributed by atoms with Gasteiger partial charge >= 0.3 is 5.97 Å². The zero-order valence-corrected chi connectivity index (χ0v) is 7.49. The highest BCUT2D eigenvalue weighted by Crippen LogP contribution is 2.15. The van der Waals surface area contributed by atoms with Gasteiger partial charge in [0.05, 0.1) is 12.0 Å². The van der Waals surface area contributed by atoms with Gasteiger partial charge in [0.15, 0.2) is 0 Å². The quantitative estimate of drug-likeness (QED) is 0.652. The number of likely N-dealkylation sites (tertiary alicyclic amines) is 1. The van der Waals surface area contributed by atoms with Crippen molar-refractivity contribution in [2.75, 3.05) is 26.7 Å². The topological polar surface area (TPSA) is 49.8 Å². The van der Waals surface area contributed by atoms with Crippen molar-refractivity contribution in [1.29, 1.82) is 0 Å². The van der Waals surface area contributed by atoms with Gasteiger partial charge in [-0.1, -0.05) is 0 Å². The lowest BCUT2D eigenvalue weighted by atomic mass is 10.0. The van der Waals surface area contributed by atoms with Crippen LogP contribution in [0.1, 0.15) is 6.92 Å². The monoisotopic (exact) mass is 173 g/mol. The third-order valence-corrected chi connectivity index (χ3v) is 2.22. The molecule has 1 heterocycles. The van der Waals surface area contributed by atoms with Gasteiger partial charge in [0.2, 0.25) is 0 Å². The fourth-order valence-electron chi connectivity index (χ4n) is 1.31. The van der Waals surface area contributed by atoms with Crippen molar-refractivity contribution in [2.45, 2.75) is 13.0 Å². The number of carbonyl (C=O) groups is 1. The summed E-state index contributed by atoms with van der Waals surface area (Å²) in [6.07, 6.45) is 0.194. The Hall–Kier alpha value is -0.610. The van der Waals surface area contributed by atoms with Crippen molar-refractivity contribution in [3.63, 3.8) is 0 Å². The molecule has 4 heteroatoms. The number of carboxylic acid groups (broad SMARTS) is 1. The average Bonchev–Trinajstić information content (AvgIpc) is 1.94. The Labute approximate surface area is 72.1 Å². The van der Waals surface area contributed by atoms with Crippen molar-refractivity contribution >= 4 is 5.97 Å². The lowest BCUT2D eigenvalue weighted by molar-refractivity contribution is -0.148. The minimum Gasteiger partial charge on any atom is -0.481 e. The number of aliphatic carboxylic acids is 1. The Morgan fingerprint density at radius 3 is 2.75 bits per heavy atom. The van der Waals surface area contributed by atoms with Crippen molar-refractivity contribution in [2.24, 2.45) is 5.92 Å². The normalized spacial score (nSPS) is 21.8. The first-order valence-corrected chi connectivity index (χ1v) is 4.11. The molecule has 4 nitrogen and oxygen atoms in total. The van der Waals surface area contributed by atoms with Gasteiger partial charge in [-0.05, 0) is 6.92 Å². The van der Waals surface area contributed by atoms with Gasteiger partial charge in [-0.15, -0.1) is 0 Å². The van der Waals surface area contributed by atoms with E-state index in [-0.39, 0.29) is 12.0 Å². The second-order valence-corrected chi connectivity index (χ2v) is 3.30. The molecular formula is C8H15NO3. The molecule has 1 saturated heterocycles. The molecule has 1 rings (SSSR count). The van der Waals surface area contributed by atoms with E-state index in [0.717, 1.165) is 6.54 Å². The molecule has 0 amide bonds. The molecule has 70 valence electrons. The fourth-order valence-corrected chi connectivity index (χ4v) is 1.31. The van der Waals surface area contributed by atoms with Crippen molar-refractivity contribution in [3.05, 3.63) is 0 Å². The Balaban J connectivity index is 2.13. The average molecular weight is 173 g/mol. The summed E-state index contributed by atoms with van der Waals surface area (Å²) in [5.74, 6) is -0.842. The number of nitrogens with zero attached hydrogens (tertiary/aromatic N) is 1. The summed E-state index contributed by atoms with van der Waals surface area (Å²) in [7, 11) is 1.67. The van der Waals surface area contributed by atoms with E-state index in [9.17, 15) is 4.79 Å². The first-order chi connectivity index (χ1) is 5.63. The van der Waals surface area contributed by atoms with E-state index in [0.29, 0.717) is 13.1 Å². The van der Waals surface area contributed by atoms with Gasteiger partial charge < -0.3 is 9.84 Å². The van der Waals surface area contributed by atoms with E-state index in [2.05, 4.69) is 4.90 Å². The molecule has 1 N–H and O–H groups in total. The van der Waals surface area contributed by atoms with E-state index >= 15 is 0 Å². The maximum Gasteiger partial charge on any atom is 0.309 e. The Morgan fingerprint density at radius 2 is 2.33 bits per heavy atom. The molecule has 0 aromatic carbocycles. The second-order valence-electron chi connectivity index (χ2n) is 3.30. The smallest absolute Gasteiger partial charge is 0.309 e. The molecule has 0 aromatic rings. The fraction of sp³-hybridized carbons (Fsp3) is 0.875. The molecule has 0 bridgehead atoms. The van der Waals surface area contributed by atoms with Crippen LogP contribution in [0.2, 0.25) is 0 Å². The zero-order valence-electron chi connectivity index (χ0n) is 7.49. The van der Waals surface area contributed by atoms with Crippen molar-refractivity contribution < 1.29 is 14.6 Å². The van der Waals surface area contributed by atoms with Crippen LogP contribution >= 0.6 is 0 Å². The van der Waals surface area contributed by atoms with E-state index in [1.54, 1.807) is 7.11 Å². The highest BCUT2D eigenvalue weighted by molar-refractivity contribution is 5.71. The number of methoxy groups -OCH3 is 1. The van der Waals surface area contributed by atoms with Gasteiger partial charge in [0.25, 0.3) is 0 Å². The van der Waals surface area contributed by atoms with Crippen LogP contribution in [0.3, 0.4) is 0 Å². The highest BCUT2D eigenvalue weighted by atomic mass is 16.5. The van der Waals surface area contributed by atoms with Crippen LogP contribution < -0.4 is 0 Å². The SMILES string of the molecule is COC(C)CN1CC(C(=O)O)C1. The first-order valence-electron chi connectivity index (χ1n) is 4.11. The lowest BCUT2D eigenvalue weighted by Crippen LogP contribution is -2.52. The summed E-state index contributed by atoms with van der Waals surface area (Å²) in [5, 5.41) is 8.58. The van der Waals surface area contributed by atoms with E-state index < -0.39 is 5.97 Å². The number of rotatable bonds is 4. The van der Waals surface area contributed by atoms with E-state index in [4.69, 9.17) is 9.84 Å². The van der Waals surface area contributed by atoms with Gasteiger partial charge in [-0.3, -0.25) is 9.69 Å². The predicted molar refractivity (Wildman–Crippen MR) is 44.0 cm³/mol. The van der Waals surface area contributed by atoms with Crippen LogP contribution in [0.5, 0.6) is 0 Å². The van der Waals surface area contributed by atoms with E-state index in [1.165, 1.54) is 0 Å². The molecule has 0 aromatic heterocycles. The molecule has 0 spiro atoms. The maximum atomic E-state index is 10.4. The molecule has 1 aliphatic heterocycles. The Kier molecular flexibility index (Phi) is 3.05. The lowest BCUT2D eigenvalue weighted by Gasteiger charge is -2.37. The summed E-state index contributed by atoms with van der Waals surface area (Å²) in [4.78, 5) is 12.5. The molecular weight excluding hydrogens is 158 g/mol. The summed E-state index contributed by atoms with van der Waals surface area (Å²) in [6.45, 7) is 4.15. The minimum absolute atomic E-state index is 0.158. The summed E-state index contributed by atoms with van der Waals surface area (Å²) < 4.78 is 5.06. The summed E-state index contributed by atoms with van der Waals surface area (Å²) >= 11 is 0. The van der Waals surface area contributed by atoms with Crippen LogP contribution in [-0.2, 0) is 9.53 Å². The number of hydrogen-bond acceptors (Lipinski definition) is 3. The first kappa shape index (κ1) is 9.48. The van der Waals surface area contributed by atoms with Crippen molar-refractivity contribution in [3.8, 4) is 0 Å². The van der Waals surface area contributed by atoms with Gasteiger partial charge in [-0.2, -0.15) is 0 Å². The molecule has 1 unspecified atom stereocenters. The molecule has 12 heavy (non-hydrogen) atoms. The summed E-state index contributed by atoms with van der Waals surface area (Å²) in [6, 6.07) is 0. The van der Waals surface area contributed by atoms with Crippen LogP contribution in [0.4, 0.5) is 0 Å². The minimum atomic E-state index is -0.684. The molecule has 1 aliphatic rings. The van der Waals surface area contributed by atoms with Crippen LogP contribution in [-0.4, -0.2) is 48.8 Å². The zero-order chi connectivity index (χ0) is 9.14. The molecule has 0 aliphatic carbocycles. The second kappa shape index (κ2) is 3.87. The third-order valence-electron chi connectivity index (χ3n) is 2.22. The molecule has 1 atom stereocenters. The standard InChI is InChI=1S/C8H15NO3/c1-6(12-2)3-9-4-7(5-9)8(10)11/h6-7H,3-5H2,1-2H3,(H,10,11). The summed E-state index contributed by atoms with van der Waals surface area (Å²) in [5.41, 5.74) is 0.